The molecule has 0 aromatic heterocycles. The van der Waals surface area contributed by atoms with Gasteiger partial charge in [0.25, 0.3) is 0 Å². The lowest BCUT2D eigenvalue weighted by Crippen LogP contribution is -2.30. The van der Waals surface area contributed by atoms with Crippen molar-refractivity contribution in [3.8, 4) is 0 Å². The van der Waals surface area contributed by atoms with E-state index in [9.17, 15) is 43.5 Å². The lowest BCUT2D eigenvalue weighted by atomic mass is 10.0. The summed E-state index contributed by atoms with van der Waals surface area (Å²) in [5, 5.41) is 20.7. The third kappa shape index (κ3) is 90.3. The Hall–Kier alpha value is -4.31. The molecule has 18 heteroatoms. The zero-order valence-electron chi connectivity index (χ0n) is 73.2. The summed E-state index contributed by atoms with van der Waals surface area (Å²) in [6.07, 6.45) is 111. The summed E-state index contributed by atoms with van der Waals surface area (Å²) < 4.78 is 61.4. The Kier molecular flexibility index (Phi) is 85.6. The largest absolute Gasteiger partial charge is 0.472 e. The first kappa shape index (κ1) is 111. The lowest BCUT2D eigenvalue weighted by molar-refractivity contribution is -0.161. The number of phosphoric ester groups is 2. The Morgan fingerprint density at radius 1 is 0.252 bits per heavy atom. The predicted octanol–water partition coefficient (Wildman–Crippen LogP) is 28.6. The quantitative estimate of drug-likeness (QED) is 0.0146. The van der Waals surface area contributed by atoms with Gasteiger partial charge in [0.15, 0.2) is 6.10 Å². The number of ether oxygens (including phenoxy) is 3. The normalized spacial score (nSPS) is 14.4. The Bertz CT molecular complexity index is 2620. The molecular formula is C97H170O16P2. The Morgan fingerprint density at radius 3 is 0.730 bits per heavy atom. The van der Waals surface area contributed by atoms with Crippen molar-refractivity contribution >= 4 is 33.6 Å². The van der Waals surface area contributed by atoms with Crippen LogP contribution in [0.3, 0.4) is 0 Å². The molecule has 4 N–H and O–H groups in total. The number of carbonyl (C=O) groups is 3. The third-order valence-corrected chi connectivity index (χ3v) is 21.8. The van der Waals surface area contributed by atoms with Crippen LogP contribution < -0.4 is 0 Å². The average Bonchev–Trinajstić information content (AvgIpc) is 0.898. The number of allylic oxidation sites excluding steroid dienone is 22. The Morgan fingerprint density at radius 2 is 0.461 bits per heavy atom. The Balaban J connectivity index is 4.42. The zero-order chi connectivity index (χ0) is 83.6. The molecule has 0 fully saturated rings. The van der Waals surface area contributed by atoms with Gasteiger partial charge in [-0.25, -0.2) is 9.13 Å². The number of phosphoric acid groups is 2. The summed E-state index contributed by atoms with van der Waals surface area (Å²) >= 11 is 0. The maximum Gasteiger partial charge on any atom is 0.472 e. The fourth-order valence-corrected chi connectivity index (χ4v) is 14.5. The van der Waals surface area contributed by atoms with E-state index < -0.39 is 91.5 Å². The van der Waals surface area contributed by atoms with Crippen LogP contribution in [0, 0.1) is 0 Å². The van der Waals surface area contributed by atoms with E-state index in [4.69, 9.17) is 32.3 Å². The van der Waals surface area contributed by atoms with Crippen LogP contribution in [0.5, 0.6) is 0 Å². The van der Waals surface area contributed by atoms with Gasteiger partial charge in [0.05, 0.1) is 26.4 Å². The van der Waals surface area contributed by atoms with Crippen molar-refractivity contribution in [2.24, 2.45) is 0 Å². The molecule has 664 valence electrons. The number of aliphatic hydroxyl groups excluding tert-OH is 2. The van der Waals surface area contributed by atoms with E-state index >= 15 is 0 Å². The smallest absolute Gasteiger partial charge is 0.463 e. The number of carbonyl (C=O) groups excluding carboxylic acids is 3. The Labute approximate surface area is 703 Å². The number of rotatable bonds is 88. The van der Waals surface area contributed by atoms with E-state index in [0.717, 1.165) is 148 Å². The molecule has 0 aromatic carbocycles. The van der Waals surface area contributed by atoms with Crippen molar-refractivity contribution in [1.29, 1.82) is 0 Å². The van der Waals surface area contributed by atoms with Crippen molar-refractivity contribution in [2.45, 2.75) is 424 Å². The maximum atomic E-state index is 13.0. The summed E-state index contributed by atoms with van der Waals surface area (Å²) in [4.78, 5) is 58.9. The van der Waals surface area contributed by atoms with E-state index in [2.05, 4.69) is 154 Å². The highest BCUT2D eigenvalue weighted by atomic mass is 31.2. The molecule has 16 nitrogen and oxygen atoms in total. The highest BCUT2D eigenvalue weighted by Gasteiger charge is 2.29. The fraction of sp³-hybridized carbons (Fsp3) is 0.742. The summed E-state index contributed by atoms with van der Waals surface area (Å²) in [6.45, 7) is 2.52. The first-order chi connectivity index (χ1) is 56.2. The van der Waals surface area contributed by atoms with Crippen LogP contribution in [0.1, 0.15) is 406 Å². The van der Waals surface area contributed by atoms with Gasteiger partial charge in [0, 0.05) is 19.3 Å². The summed E-state index contributed by atoms with van der Waals surface area (Å²) in [7, 11) is -9.79. The van der Waals surface area contributed by atoms with Crippen molar-refractivity contribution < 1.29 is 75.8 Å². The molecule has 0 aliphatic rings. The maximum absolute atomic E-state index is 13.0. The standard InChI is InChI=1S/C97H170O16P2/c1-4-7-10-13-16-19-22-25-28-30-32-34-36-38-40-42-43-44-45-46-47-49-51-52-54-56-58-60-63-65-68-71-74-77-80-83-95(100)107-86-92(98)87-109-114(103,104)110-88-93(99)89-111-115(105,106)112-91-94(113-97(102)85-82-79-76-73-70-67-62-27-24-21-18-15-12-9-6-3)90-108-96(101)84-81-78-75-72-69-66-64-61-59-57-55-53-50-48-41-39-37-35-33-31-29-26-23-20-17-14-11-8-5-2/h7-8,10-11,16-17,19-20,25-26,28-29,32-35,38-41,50,53,92-94,98-99H,4-6,9,12-15,18,21-24,27,30-31,36-37,42-49,51-52,54-91H2,1-3H3,(H,103,104)(H,105,106)/b10-7-,11-8-,19-16-,20-17-,28-25-,29-26-,34-32-,35-33-,40-38-,41-39-,53-50-. The van der Waals surface area contributed by atoms with Crippen LogP contribution in [-0.2, 0) is 55.8 Å². The highest BCUT2D eigenvalue weighted by molar-refractivity contribution is 7.47. The summed E-state index contributed by atoms with van der Waals surface area (Å²) in [5.74, 6) is -1.56. The minimum Gasteiger partial charge on any atom is -0.463 e. The molecule has 0 saturated carbocycles. The van der Waals surface area contributed by atoms with Gasteiger partial charge in [-0.3, -0.25) is 32.5 Å². The van der Waals surface area contributed by atoms with Gasteiger partial charge in [-0.1, -0.05) is 405 Å². The molecule has 5 unspecified atom stereocenters. The summed E-state index contributed by atoms with van der Waals surface area (Å²) in [6, 6.07) is 0. The molecule has 0 rings (SSSR count). The van der Waals surface area contributed by atoms with Gasteiger partial charge in [-0.15, -0.1) is 0 Å². The van der Waals surface area contributed by atoms with Crippen LogP contribution in [0.25, 0.3) is 0 Å². The minimum absolute atomic E-state index is 0.107. The third-order valence-electron chi connectivity index (χ3n) is 19.9. The van der Waals surface area contributed by atoms with Gasteiger partial charge in [0.1, 0.15) is 25.4 Å². The van der Waals surface area contributed by atoms with Gasteiger partial charge in [0.2, 0.25) is 0 Å². The molecule has 5 atom stereocenters. The number of aliphatic hydroxyl groups is 2. The van der Waals surface area contributed by atoms with Crippen LogP contribution >= 0.6 is 15.6 Å². The number of hydrogen-bond acceptors (Lipinski definition) is 14. The van der Waals surface area contributed by atoms with E-state index in [1.165, 1.54) is 199 Å². The zero-order valence-corrected chi connectivity index (χ0v) is 75.0. The second-order valence-corrected chi connectivity index (χ2v) is 34.0. The van der Waals surface area contributed by atoms with Crippen LogP contribution in [0.4, 0.5) is 0 Å². The predicted molar refractivity (Wildman–Crippen MR) is 482 cm³/mol. The van der Waals surface area contributed by atoms with Crippen molar-refractivity contribution in [3.05, 3.63) is 134 Å². The summed E-state index contributed by atoms with van der Waals surface area (Å²) in [5.41, 5.74) is 0. The van der Waals surface area contributed by atoms with Gasteiger partial charge >= 0.3 is 33.6 Å². The van der Waals surface area contributed by atoms with Crippen molar-refractivity contribution in [2.75, 3.05) is 39.6 Å². The second kappa shape index (κ2) is 89.0. The number of esters is 3. The van der Waals surface area contributed by atoms with Crippen molar-refractivity contribution in [3.63, 3.8) is 0 Å². The van der Waals surface area contributed by atoms with Gasteiger partial charge < -0.3 is 34.2 Å². The van der Waals surface area contributed by atoms with Crippen LogP contribution in [0.15, 0.2) is 134 Å². The first-order valence-corrected chi connectivity index (χ1v) is 49.5. The molecule has 0 amide bonds. The molecule has 0 aromatic rings. The molecule has 0 saturated heterocycles. The monoisotopic (exact) mass is 1650 g/mol. The van der Waals surface area contributed by atoms with Crippen LogP contribution in [-0.4, -0.2) is 95.9 Å². The first-order valence-electron chi connectivity index (χ1n) is 46.5. The number of unbranched alkanes of at least 4 members (excludes halogenated alkanes) is 43. The number of hydrogen-bond donors (Lipinski definition) is 4. The van der Waals surface area contributed by atoms with E-state index in [-0.39, 0.29) is 19.3 Å². The average molecular weight is 1650 g/mol. The molecule has 115 heavy (non-hydrogen) atoms. The fourth-order valence-electron chi connectivity index (χ4n) is 12.9. The molecule has 0 aliphatic heterocycles. The van der Waals surface area contributed by atoms with Gasteiger partial charge in [-0.05, 0) is 116 Å². The topological polar surface area (TPSA) is 231 Å². The molecular weight excluding hydrogens is 1480 g/mol. The molecule has 0 aliphatic carbocycles. The minimum atomic E-state index is -4.93. The highest BCUT2D eigenvalue weighted by Crippen LogP contribution is 2.45. The SMILES string of the molecule is CC/C=C\C/C=C\C/C=C\C/C=C\C/C=C\C/C=C\CCCCCCCCCCCCC(=O)OCC(COP(=O)(O)OCC(O)COP(=O)(O)OCC(O)COC(=O)CCCCCCCCCCCCCCCCCCCCC/C=C\C/C=C\C/C=C\C/C=C\C/C=C\CC)OC(=O)CCCCCCCCCCCCCCCCC. The van der Waals surface area contributed by atoms with E-state index in [1.54, 1.807) is 0 Å². The lowest BCUT2D eigenvalue weighted by Gasteiger charge is -2.21. The molecule has 0 bridgehead atoms. The second-order valence-electron chi connectivity index (χ2n) is 31.1. The van der Waals surface area contributed by atoms with E-state index in [1.807, 2.05) is 0 Å². The van der Waals surface area contributed by atoms with Gasteiger partial charge in [-0.2, -0.15) is 0 Å². The van der Waals surface area contributed by atoms with Crippen molar-refractivity contribution in [1.82, 2.24) is 0 Å². The molecule has 0 spiro atoms. The molecule has 0 radical (unpaired) electrons. The van der Waals surface area contributed by atoms with Crippen LogP contribution in [0.2, 0.25) is 0 Å². The molecule has 0 heterocycles. The van der Waals surface area contributed by atoms with E-state index in [0.29, 0.717) is 19.3 Å².